The Morgan fingerprint density at radius 2 is 1.81 bits per heavy atom. The maximum Gasteiger partial charge on any atom is 0.283 e. The summed E-state index contributed by atoms with van der Waals surface area (Å²) in [6.45, 7) is 0.643. The Bertz CT molecular complexity index is 1140. The first-order valence-corrected chi connectivity index (χ1v) is 8.26. The van der Waals surface area contributed by atoms with E-state index in [1.165, 1.54) is 23.0 Å². The van der Waals surface area contributed by atoms with Gasteiger partial charge < -0.3 is 0 Å². The highest BCUT2D eigenvalue weighted by molar-refractivity contribution is 6.31. The van der Waals surface area contributed by atoms with Crippen LogP contribution >= 0.6 is 11.6 Å². The number of aromatic nitrogens is 5. The van der Waals surface area contributed by atoms with Crippen molar-refractivity contribution >= 4 is 22.8 Å². The van der Waals surface area contributed by atoms with Crippen LogP contribution in [0.4, 0.5) is 4.39 Å². The van der Waals surface area contributed by atoms with E-state index in [2.05, 4.69) is 15.3 Å². The van der Waals surface area contributed by atoms with Crippen molar-refractivity contribution in [3.63, 3.8) is 0 Å². The Hall–Kier alpha value is -3.06. The smallest absolute Gasteiger partial charge is 0.283 e. The van der Waals surface area contributed by atoms with E-state index >= 15 is 0 Å². The molecule has 8 heteroatoms. The molecule has 2 heterocycles. The highest BCUT2D eigenvalue weighted by atomic mass is 35.5. The van der Waals surface area contributed by atoms with Crippen LogP contribution in [0.15, 0.2) is 59.7 Å². The van der Waals surface area contributed by atoms with E-state index < -0.39 is 0 Å². The molecule has 0 amide bonds. The Morgan fingerprint density at radius 1 is 1.04 bits per heavy atom. The lowest BCUT2D eigenvalue weighted by Crippen LogP contribution is -2.21. The van der Waals surface area contributed by atoms with Crippen molar-refractivity contribution in [2.75, 3.05) is 0 Å². The fraction of sp³-hybridized carbons (Fsp3) is 0.111. The zero-order valence-corrected chi connectivity index (χ0v) is 14.3. The van der Waals surface area contributed by atoms with E-state index in [0.717, 1.165) is 11.1 Å². The summed E-state index contributed by atoms with van der Waals surface area (Å²) in [5, 5.41) is 8.62. The Labute approximate surface area is 152 Å². The molecule has 4 aromatic rings. The van der Waals surface area contributed by atoms with Crippen LogP contribution in [0.3, 0.4) is 0 Å². The predicted octanol–water partition coefficient (Wildman–Crippen LogP) is 2.88. The summed E-state index contributed by atoms with van der Waals surface area (Å²) in [6.07, 6.45) is 1.44. The van der Waals surface area contributed by atoms with Gasteiger partial charge in [-0.3, -0.25) is 9.36 Å². The van der Waals surface area contributed by atoms with Gasteiger partial charge in [0.05, 0.1) is 13.1 Å². The zero-order valence-electron chi connectivity index (χ0n) is 13.5. The van der Waals surface area contributed by atoms with E-state index in [-0.39, 0.29) is 23.4 Å². The maximum absolute atomic E-state index is 13.0. The lowest BCUT2D eigenvalue weighted by molar-refractivity contribution is 0.626. The minimum absolute atomic E-state index is 0.182. The summed E-state index contributed by atoms with van der Waals surface area (Å²) in [6, 6.07) is 13.4. The standard InChI is InChI=1S/C18H13ClFN5O/c19-15-4-2-1-3-13(15)10-25-17-16(22-23-25)18(26)24(11-21-17)9-12-5-7-14(20)8-6-12/h1-8,11H,9-10H2. The van der Waals surface area contributed by atoms with Gasteiger partial charge in [-0.25, -0.2) is 14.1 Å². The molecule has 2 aromatic heterocycles. The molecule has 0 N–H and O–H groups in total. The highest BCUT2D eigenvalue weighted by Crippen LogP contribution is 2.17. The quantitative estimate of drug-likeness (QED) is 0.555. The maximum atomic E-state index is 13.0. The molecular formula is C18H13ClFN5O. The minimum atomic E-state index is -0.322. The number of hydrogen-bond acceptors (Lipinski definition) is 4. The molecule has 0 saturated carbocycles. The van der Waals surface area contributed by atoms with Gasteiger partial charge in [-0.2, -0.15) is 0 Å². The van der Waals surface area contributed by atoms with Gasteiger partial charge in [-0.1, -0.05) is 47.1 Å². The average molecular weight is 370 g/mol. The third-order valence-electron chi connectivity index (χ3n) is 4.04. The summed E-state index contributed by atoms with van der Waals surface area (Å²) >= 11 is 6.18. The number of fused-ring (bicyclic) bond motifs is 1. The van der Waals surface area contributed by atoms with Crippen molar-refractivity contribution in [3.05, 3.63) is 87.2 Å². The molecule has 0 saturated heterocycles. The van der Waals surface area contributed by atoms with Gasteiger partial charge in [-0.15, -0.1) is 5.10 Å². The van der Waals surface area contributed by atoms with E-state index in [9.17, 15) is 9.18 Å². The van der Waals surface area contributed by atoms with Gasteiger partial charge in [-0.05, 0) is 29.3 Å². The summed E-state index contributed by atoms with van der Waals surface area (Å²) in [5.41, 5.74) is 1.92. The second-order valence-electron chi connectivity index (χ2n) is 5.81. The SMILES string of the molecule is O=c1c2nnn(Cc3ccccc3Cl)c2ncn1Cc1ccc(F)cc1. The van der Waals surface area contributed by atoms with Crippen LogP contribution in [0.2, 0.25) is 5.02 Å². The Morgan fingerprint density at radius 3 is 2.58 bits per heavy atom. The third-order valence-corrected chi connectivity index (χ3v) is 4.40. The summed E-state index contributed by atoms with van der Waals surface area (Å²) in [7, 11) is 0. The number of benzene rings is 2. The molecule has 2 aromatic carbocycles. The largest absolute Gasteiger partial charge is 0.293 e. The molecule has 0 bridgehead atoms. The third kappa shape index (κ3) is 3.09. The molecular weight excluding hydrogens is 357 g/mol. The first-order chi connectivity index (χ1) is 12.6. The lowest BCUT2D eigenvalue weighted by atomic mass is 10.2. The van der Waals surface area contributed by atoms with E-state index in [1.54, 1.807) is 22.9 Å². The number of halogens is 2. The molecule has 0 atom stereocenters. The van der Waals surface area contributed by atoms with Crippen LogP contribution in [-0.4, -0.2) is 24.5 Å². The van der Waals surface area contributed by atoms with E-state index in [4.69, 9.17) is 11.6 Å². The fourth-order valence-corrected chi connectivity index (χ4v) is 2.88. The molecule has 130 valence electrons. The van der Waals surface area contributed by atoms with Crippen molar-refractivity contribution in [3.8, 4) is 0 Å². The van der Waals surface area contributed by atoms with Crippen molar-refractivity contribution in [2.45, 2.75) is 13.1 Å². The molecule has 0 aliphatic carbocycles. The van der Waals surface area contributed by atoms with E-state index in [1.807, 2.05) is 18.2 Å². The molecule has 6 nitrogen and oxygen atoms in total. The van der Waals surface area contributed by atoms with Crippen LogP contribution in [0.1, 0.15) is 11.1 Å². The molecule has 0 unspecified atom stereocenters. The second kappa shape index (κ2) is 6.68. The molecule has 0 aliphatic heterocycles. The van der Waals surface area contributed by atoms with Gasteiger partial charge in [0.2, 0.25) is 0 Å². The zero-order chi connectivity index (χ0) is 18.1. The number of nitrogens with zero attached hydrogens (tertiary/aromatic N) is 5. The van der Waals surface area contributed by atoms with Gasteiger partial charge in [0.15, 0.2) is 11.2 Å². The lowest BCUT2D eigenvalue weighted by Gasteiger charge is -2.06. The van der Waals surface area contributed by atoms with Crippen molar-refractivity contribution in [1.82, 2.24) is 24.5 Å². The van der Waals surface area contributed by atoms with Gasteiger partial charge in [0.1, 0.15) is 12.1 Å². The molecule has 0 aliphatic rings. The van der Waals surface area contributed by atoms with E-state index in [0.29, 0.717) is 17.2 Å². The number of hydrogen-bond donors (Lipinski definition) is 0. The first-order valence-electron chi connectivity index (χ1n) is 7.88. The monoisotopic (exact) mass is 369 g/mol. The summed E-state index contributed by atoms with van der Waals surface area (Å²) in [5.74, 6) is -0.322. The summed E-state index contributed by atoms with van der Waals surface area (Å²) < 4.78 is 16.0. The van der Waals surface area contributed by atoms with Crippen LogP contribution < -0.4 is 5.56 Å². The molecule has 26 heavy (non-hydrogen) atoms. The van der Waals surface area contributed by atoms with Gasteiger partial charge in [0, 0.05) is 5.02 Å². The fourth-order valence-electron chi connectivity index (χ4n) is 2.68. The van der Waals surface area contributed by atoms with Crippen LogP contribution in [0, 0.1) is 5.82 Å². The molecule has 0 fully saturated rings. The van der Waals surface area contributed by atoms with Crippen LogP contribution in [-0.2, 0) is 13.1 Å². The van der Waals surface area contributed by atoms with Gasteiger partial charge in [0.25, 0.3) is 5.56 Å². The average Bonchev–Trinajstić information content (AvgIpc) is 3.05. The second-order valence-corrected chi connectivity index (χ2v) is 6.22. The van der Waals surface area contributed by atoms with Crippen molar-refractivity contribution in [2.24, 2.45) is 0 Å². The molecule has 0 spiro atoms. The van der Waals surface area contributed by atoms with Crippen molar-refractivity contribution < 1.29 is 4.39 Å². The molecule has 0 radical (unpaired) electrons. The minimum Gasteiger partial charge on any atom is -0.293 e. The Kier molecular flexibility index (Phi) is 4.22. The number of rotatable bonds is 4. The normalized spacial score (nSPS) is 11.2. The predicted molar refractivity (Wildman–Crippen MR) is 95.6 cm³/mol. The first kappa shape index (κ1) is 16.4. The van der Waals surface area contributed by atoms with Crippen LogP contribution in [0.5, 0.6) is 0 Å². The Balaban J connectivity index is 1.68. The van der Waals surface area contributed by atoms with Crippen LogP contribution in [0.25, 0.3) is 11.2 Å². The van der Waals surface area contributed by atoms with Gasteiger partial charge >= 0.3 is 0 Å². The summed E-state index contributed by atoms with van der Waals surface area (Å²) in [4.78, 5) is 17.0. The van der Waals surface area contributed by atoms with Crippen molar-refractivity contribution in [1.29, 1.82) is 0 Å². The topological polar surface area (TPSA) is 65.6 Å². The molecule has 4 rings (SSSR count). The highest BCUT2D eigenvalue weighted by Gasteiger charge is 2.13.